The van der Waals surface area contributed by atoms with E-state index < -0.39 is 6.04 Å². The number of anilines is 2. The number of fused-ring (bicyclic) bond motifs is 6. The van der Waals surface area contributed by atoms with Gasteiger partial charge in [0, 0.05) is 23.9 Å². The van der Waals surface area contributed by atoms with Gasteiger partial charge < -0.3 is 30.6 Å². The SMILES string of the molecule is C[C@H](Nc1ccc(N)c2nonc12)C(=O)N[C@@H]1CC[C@]2(C)C3CC[C@@]4(C)C(CCC4[C@H](C)CCC(=O)OCCOCCOCCN=[N+]=[N-])C3CC[C@@H]2C1. The van der Waals surface area contributed by atoms with Crippen molar-refractivity contribution in [2.24, 2.45) is 51.5 Å². The Balaban J connectivity index is 0.937. The molecular weight excluding hydrogens is 676 g/mol. The van der Waals surface area contributed by atoms with Crippen LogP contribution in [0.3, 0.4) is 0 Å². The molecular formula is C39H60N8O6. The van der Waals surface area contributed by atoms with E-state index >= 15 is 0 Å². The largest absolute Gasteiger partial charge is 0.463 e. The van der Waals surface area contributed by atoms with E-state index in [-0.39, 0.29) is 24.5 Å². The molecule has 1 amide bonds. The zero-order valence-electron chi connectivity index (χ0n) is 32.1. The fourth-order valence-corrected chi connectivity index (χ4v) is 11.3. The second-order valence-electron chi connectivity index (χ2n) is 16.8. The van der Waals surface area contributed by atoms with E-state index in [0.29, 0.717) is 90.4 Å². The Labute approximate surface area is 313 Å². The topological polar surface area (TPSA) is 200 Å². The number of carbonyl (C=O) groups is 2. The van der Waals surface area contributed by atoms with Crippen molar-refractivity contribution in [2.45, 2.75) is 110 Å². The summed E-state index contributed by atoms with van der Waals surface area (Å²) < 4.78 is 21.1. The normalized spacial score (nSPS) is 31.7. The zero-order chi connectivity index (χ0) is 37.6. The number of nitrogens with one attached hydrogen (secondary N) is 2. The van der Waals surface area contributed by atoms with Crippen molar-refractivity contribution < 1.29 is 28.4 Å². The second kappa shape index (κ2) is 17.2. The minimum atomic E-state index is -0.443. The van der Waals surface area contributed by atoms with Crippen LogP contribution in [0.15, 0.2) is 21.9 Å². The van der Waals surface area contributed by atoms with Crippen LogP contribution < -0.4 is 16.4 Å². The maximum absolute atomic E-state index is 13.4. The summed E-state index contributed by atoms with van der Waals surface area (Å²) in [5, 5.41) is 18.0. The molecule has 4 saturated carbocycles. The first-order valence-electron chi connectivity index (χ1n) is 19.9. The van der Waals surface area contributed by atoms with Crippen LogP contribution in [0.5, 0.6) is 0 Å². The molecule has 292 valence electrons. The van der Waals surface area contributed by atoms with E-state index in [1.165, 1.54) is 38.5 Å². The number of rotatable bonds is 17. The molecule has 0 saturated heterocycles. The van der Waals surface area contributed by atoms with Crippen LogP contribution in [0.4, 0.5) is 11.4 Å². The predicted octanol–water partition coefficient (Wildman–Crippen LogP) is 7.05. The van der Waals surface area contributed by atoms with Crippen LogP contribution >= 0.6 is 0 Å². The first-order valence-corrected chi connectivity index (χ1v) is 19.9. The lowest BCUT2D eigenvalue weighted by molar-refractivity contribution is -0.146. The van der Waals surface area contributed by atoms with Gasteiger partial charge in [-0.05, 0) is 145 Å². The van der Waals surface area contributed by atoms with Crippen molar-refractivity contribution in [3.63, 3.8) is 0 Å². The quantitative estimate of drug-likeness (QED) is 0.0377. The molecule has 1 aromatic heterocycles. The predicted molar refractivity (Wildman–Crippen MR) is 201 cm³/mol. The van der Waals surface area contributed by atoms with Crippen molar-refractivity contribution in [1.82, 2.24) is 15.6 Å². The van der Waals surface area contributed by atoms with Gasteiger partial charge in [-0.2, -0.15) is 0 Å². The van der Waals surface area contributed by atoms with Crippen molar-refractivity contribution in [3.8, 4) is 0 Å². The summed E-state index contributed by atoms with van der Waals surface area (Å²) in [4.78, 5) is 28.6. The highest BCUT2D eigenvalue weighted by atomic mass is 16.6. The number of carbonyl (C=O) groups excluding carboxylic acids is 2. The summed E-state index contributed by atoms with van der Waals surface area (Å²) in [5.74, 6) is 3.87. The van der Waals surface area contributed by atoms with Gasteiger partial charge >= 0.3 is 5.97 Å². The van der Waals surface area contributed by atoms with Gasteiger partial charge in [0.05, 0.1) is 37.8 Å². The highest BCUT2D eigenvalue weighted by Gasteiger charge is 2.60. The number of aromatic nitrogens is 2. The molecule has 0 radical (unpaired) electrons. The number of amides is 1. The molecule has 53 heavy (non-hydrogen) atoms. The molecule has 4 aliphatic rings. The molecule has 1 heterocycles. The number of nitrogens with two attached hydrogens (primary N) is 1. The smallest absolute Gasteiger partial charge is 0.305 e. The van der Waals surface area contributed by atoms with E-state index in [1.807, 2.05) is 13.0 Å². The highest BCUT2D eigenvalue weighted by molar-refractivity contribution is 5.96. The molecule has 0 aliphatic heterocycles. The molecule has 10 atom stereocenters. The van der Waals surface area contributed by atoms with Crippen LogP contribution in [0.25, 0.3) is 21.5 Å². The molecule has 4 fully saturated rings. The van der Waals surface area contributed by atoms with Crippen LogP contribution in [-0.2, 0) is 23.8 Å². The van der Waals surface area contributed by atoms with Gasteiger partial charge in [0.2, 0.25) is 5.91 Å². The minimum Gasteiger partial charge on any atom is -0.463 e. The Morgan fingerprint density at radius 3 is 2.53 bits per heavy atom. The average Bonchev–Trinajstić information content (AvgIpc) is 3.78. The summed E-state index contributed by atoms with van der Waals surface area (Å²) in [7, 11) is 0. The fourth-order valence-electron chi connectivity index (χ4n) is 11.3. The Hall–Kier alpha value is -3.61. The molecule has 14 heteroatoms. The van der Waals surface area contributed by atoms with Gasteiger partial charge in [0.15, 0.2) is 11.0 Å². The standard InChI is InChI=1S/C39H60N8O6/c1-24(5-12-34(48)52-22-21-51-20-19-50-18-17-42-47-41)29-8-9-30-28-7-6-26-23-27(13-15-38(26,3)31(28)14-16-39(29,30)4)44-37(49)25(2)43-33-11-10-32(40)35-36(33)46-53-45-35/h10-11,24-31,43H,5-9,12-23,40H2,1-4H3,(H,44,49)/t24-,25+,26-,27-,28?,29?,30?,31?,38+,39-/m1/s1. The van der Waals surface area contributed by atoms with E-state index in [1.54, 1.807) is 6.07 Å². The lowest BCUT2D eigenvalue weighted by atomic mass is 9.44. The van der Waals surface area contributed by atoms with Crippen molar-refractivity contribution in [2.75, 3.05) is 50.6 Å². The summed E-state index contributed by atoms with van der Waals surface area (Å²) in [6.07, 6.45) is 12.2. The Bertz CT molecular complexity index is 1620. The second-order valence-corrected chi connectivity index (χ2v) is 16.8. The third-order valence-electron chi connectivity index (χ3n) is 14.0. The molecule has 4 aliphatic carbocycles. The lowest BCUT2D eigenvalue weighted by Gasteiger charge is -2.61. The number of hydrogen-bond acceptors (Lipinski definition) is 11. The van der Waals surface area contributed by atoms with E-state index in [4.69, 9.17) is 30.1 Å². The van der Waals surface area contributed by atoms with Gasteiger partial charge in [-0.15, -0.1) is 0 Å². The van der Waals surface area contributed by atoms with Gasteiger partial charge in [-0.25, -0.2) is 4.63 Å². The fraction of sp³-hybridized carbons (Fsp3) is 0.795. The monoisotopic (exact) mass is 736 g/mol. The number of nitrogen functional groups attached to an aromatic ring is 1. The van der Waals surface area contributed by atoms with Crippen molar-refractivity contribution >= 4 is 34.3 Å². The number of ether oxygens (including phenoxy) is 3. The van der Waals surface area contributed by atoms with Gasteiger partial charge in [-0.1, -0.05) is 25.9 Å². The van der Waals surface area contributed by atoms with Crippen LogP contribution in [0.1, 0.15) is 98.3 Å². The third kappa shape index (κ3) is 8.55. The first-order chi connectivity index (χ1) is 25.5. The minimum absolute atomic E-state index is 0.00558. The van der Waals surface area contributed by atoms with E-state index in [2.05, 4.69) is 51.7 Å². The number of azide groups is 1. The molecule has 6 rings (SSSR count). The molecule has 2 aromatic rings. The number of hydrogen-bond donors (Lipinski definition) is 3. The number of nitrogens with zero attached hydrogens (tertiary/aromatic N) is 5. The van der Waals surface area contributed by atoms with Gasteiger partial charge in [-0.3, -0.25) is 9.59 Å². The number of esters is 1. The Morgan fingerprint density at radius 1 is 0.981 bits per heavy atom. The van der Waals surface area contributed by atoms with Gasteiger partial charge in [0.25, 0.3) is 0 Å². The number of benzene rings is 1. The molecule has 4 unspecified atom stereocenters. The van der Waals surface area contributed by atoms with Crippen LogP contribution in [0.2, 0.25) is 0 Å². The molecule has 4 N–H and O–H groups in total. The molecule has 1 aromatic carbocycles. The van der Waals surface area contributed by atoms with Crippen LogP contribution in [0, 0.1) is 46.3 Å². The average molecular weight is 737 g/mol. The maximum Gasteiger partial charge on any atom is 0.305 e. The Kier molecular flexibility index (Phi) is 12.7. The van der Waals surface area contributed by atoms with E-state index in [0.717, 1.165) is 43.4 Å². The molecule has 0 bridgehead atoms. The Morgan fingerprint density at radius 2 is 1.72 bits per heavy atom. The van der Waals surface area contributed by atoms with Crippen LogP contribution in [-0.4, -0.2) is 73.9 Å². The van der Waals surface area contributed by atoms with Crippen molar-refractivity contribution in [3.05, 3.63) is 22.6 Å². The summed E-state index contributed by atoms with van der Waals surface area (Å²) in [5.41, 5.74) is 17.1. The maximum atomic E-state index is 13.4. The molecule has 0 spiro atoms. The van der Waals surface area contributed by atoms with E-state index in [9.17, 15) is 9.59 Å². The first kappa shape index (κ1) is 39.1. The lowest BCUT2D eigenvalue weighted by Crippen LogP contribution is -2.56. The van der Waals surface area contributed by atoms with Crippen molar-refractivity contribution in [1.29, 1.82) is 0 Å². The van der Waals surface area contributed by atoms with Gasteiger partial charge in [0.1, 0.15) is 12.6 Å². The third-order valence-corrected chi connectivity index (χ3v) is 14.0. The highest BCUT2D eigenvalue weighted by Crippen LogP contribution is 2.68. The zero-order valence-corrected chi connectivity index (χ0v) is 32.1. The molecule has 14 nitrogen and oxygen atoms in total. The summed E-state index contributed by atoms with van der Waals surface area (Å²) >= 11 is 0. The summed E-state index contributed by atoms with van der Waals surface area (Å²) in [6, 6.07) is 3.31. The summed E-state index contributed by atoms with van der Waals surface area (Å²) in [6.45, 7) is 11.5.